The Morgan fingerprint density at radius 2 is 1.68 bits per heavy atom. The SMILES string of the molecule is CCC(C)(C)Oc1ccc(CCCCNC(=O)C=Cc2cccc(Cl)c2)c(OC(C)(C)CC)c1. The van der Waals surface area contributed by atoms with Gasteiger partial charge >= 0.3 is 0 Å². The number of carbonyl (C=O) groups is 1. The Bertz CT molecular complexity index is 966. The first-order chi connectivity index (χ1) is 16.0. The predicted molar refractivity (Wildman–Crippen MR) is 143 cm³/mol. The number of aryl methyl sites for hydroxylation is 1. The van der Waals surface area contributed by atoms with E-state index in [2.05, 4.69) is 52.9 Å². The molecule has 4 nitrogen and oxygen atoms in total. The minimum atomic E-state index is -0.253. The van der Waals surface area contributed by atoms with Crippen molar-refractivity contribution < 1.29 is 14.3 Å². The molecule has 5 heteroatoms. The number of amides is 1. The van der Waals surface area contributed by atoms with Crippen molar-refractivity contribution in [3.05, 3.63) is 64.7 Å². The number of hydrogen-bond donors (Lipinski definition) is 1. The molecule has 0 radical (unpaired) electrons. The lowest BCUT2D eigenvalue weighted by Crippen LogP contribution is -2.28. The Hall–Kier alpha value is -2.46. The van der Waals surface area contributed by atoms with E-state index in [1.807, 2.05) is 36.4 Å². The summed E-state index contributed by atoms with van der Waals surface area (Å²) in [5.74, 6) is 1.61. The molecule has 0 spiro atoms. The third kappa shape index (κ3) is 9.80. The first-order valence-electron chi connectivity index (χ1n) is 12.3. The Labute approximate surface area is 210 Å². The van der Waals surface area contributed by atoms with Gasteiger partial charge in [-0.25, -0.2) is 0 Å². The normalized spacial score (nSPS) is 12.1. The molecule has 0 unspecified atom stereocenters. The molecule has 0 saturated heterocycles. The van der Waals surface area contributed by atoms with E-state index < -0.39 is 0 Å². The van der Waals surface area contributed by atoms with Gasteiger partial charge in [-0.1, -0.05) is 43.6 Å². The number of unbranched alkanes of at least 4 members (excludes halogenated alkanes) is 1. The summed E-state index contributed by atoms with van der Waals surface area (Å²) in [4.78, 5) is 12.1. The van der Waals surface area contributed by atoms with E-state index in [0.717, 1.165) is 54.7 Å². The van der Waals surface area contributed by atoms with Gasteiger partial charge in [-0.15, -0.1) is 0 Å². The molecule has 0 saturated carbocycles. The van der Waals surface area contributed by atoms with Crippen LogP contribution in [0.3, 0.4) is 0 Å². The number of benzene rings is 2. The van der Waals surface area contributed by atoms with E-state index in [4.69, 9.17) is 21.1 Å². The smallest absolute Gasteiger partial charge is 0.243 e. The quantitative estimate of drug-likeness (QED) is 0.234. The van der Waals surface area contributed by atoms with Crippen molar-refractivity contribution in [1.82, 2.24) is 5.32 Å². The van der Waals surface area contributed by atoms with Crippen LogP contribution in [0.2, 0.25) is 5.02 Å². The summed E-state index contributed by atoms with van der Waals surface area (Å²) in [6, 6.07) is 13.6. The lowest BCUT2D eigenvalue weighted by atomic mass is 10.0. The van der Waals surface area contributed by atoms with E-state index in [-0.39, 0.29) is 17.1 Å². The number of ether oxygens (including phenoxy) is 2. The third-order valence-corrected chi connectivity index (χ3v) is 6.20. The molecule has 2 aromatic carbocycles. The van der Waals surface area contributed by atoms with Gasteiger partial charge in [-0.2, -0.15) is 0 Å². The first-order valence-corrected chi connectivity index (χ1v) is 12.6. The molecule has 0 aliphatic carbocycles. The second-order valence-corrected chi connectivity index (χ2v) is 10.3. The van der Waals surface area contributed by atoms with Crippen LogP contribution >= 0.6 is 11.6 Å². The molecular weight excluding hydrogens is 446 g/mol. The maximum Gasteiger partial charge on any atom is 0.243 e. The average molecular weight is 486 g/mol. The van der Waals surface area contributed by atoms with Crippen LogP contribution in [0.5, 0.6) is 11.5 Å². The fourth-order valence-corrected chi connectivity index (χ4v) is 3.35. The van der Waals surface area contributed by atoms with E-state index in [0.29, 0.717) is 11.6 Å². The molecule has 0 atom stereocenters. The van der Waals surface area contributed by atoms with Gasteiger partial charge in [-0.3, -0.25) is 4.79 Å². The lowest BCUT2D eigenvalue weighted by molar-refractivity contribution is -0.116. The summed E-state index contributed by atoms with van der Waals surface area (Å²) in [6.07, 6.45) is 7.85. The Morgan fingerprint density at radius 3 is 2.35 bits per heavy atom. The largest absolute Gasteiger partial charge is 0.488 e. The molecule has 1 N–H and O–H groups in total. The minimum absolute atomic E-state index is 0.103. The van der Waals surface area contributed by atoms with Gasteiger partial charge in [0, 0.05) is 23.7 Å². The van der Waals surface area contributed by atoms with Gasteiger partial charge in [0.2, 0.25) is 5.91 Å². The Balaban J connectivity index is 1.91. The molecule has 0 fully saturated rings. The maximum atomic E-state index is 12.1. The molecule has 0 aliphatic heterocycles. The molecule has 0 bridgehead atoms. The molecule has 2 aromatic rings. The van der Waals surface area contributed by atoms with Crippen molar-refractivity contribution >= 4 is 23.6 Å². The summed E-state index contributed by atoms with van der Waals surface area (Å²) >= 11 is 5.98. The molecule has 0 heterocycles. The number of nitrogens with one attached hydrogen (secondary N) is 1. The van der Waals surface area contributed by atoms with E-state index in [1.165, 1.54) is 0 Å². The summed E-state index contributed by atoms with van der Waals surface area (Å²) in [6.45, 7) is 13.3. The van der Waals surface area contributed by atoms with Gasteiger partial charge in [0.15, 0.2) is 0 Å². The van der Waals surface area contributed by atoms with Crippen LogP contribution in [0.4, 0.5) is 0 Å². The van der Waals surface area contributed by atoms with E-state index in [9.17, 15) is 4.79 Å². The zero-order chi connectivity index (χ0) is 25.2. The van der Waals surface area contributed by atoms with Crippen LogP contribution in [-0.2, 0) is 11.2 Å². The maximum absolute atomic E-state index is 12.1. The summed E-state index contributed by atoms with van der Waals surface area (Å²) in [7, 11) is 0. The Kier molecular flexibility index (Phi) is 10.5. The fourth-order valence-electron chi connectivity index (χ4n) is 3.15. The summed E-state index contributed by atoms with van der Waals surface area (Å²) in [5, 5.41) is 3.60. The van der Waals surface area contributed by atoms with Crippen LogP contribution in [-0.4, -0.2) is 23.7 Å². The van der Waals surface area contributed by atoms with Gasteiger partial charge in [0.1, 0.15) is 22.7 Å². The second-order valence-electron chi connectivity index (χ2n) is 9.84. The molecule has 1 amide bonds. The van der Waals surface area contributed by atoms with Gasteiger partial charge < -0.3 is 14.8 Å². The topological polar surface area (TPSA) is 47.6 Å². The Morgan fingerprint density at radius 1 is 0.971 bits per heavy atom. The molecule has 0 aliphatic rings. The highest BCUT2D eigenvalue weighted by Gasteiger charge is 2.21. The minimum Gasteiger partial charge on any atom is -0.488 e. The number of rotatable bonds is 13. The molecule has 2 rings (SSSR count). The average Bonchev–Trinajstić information content (AvgIpc) is 2.78. The zero-order valence-corrected chi connectivity index (χ0v) is 22.3. The van der Waals surface area contributed by atoms with Gasteiger partial charge in [0.05, 0.1) is 0 Å². The summed E-state index contributed by atoms with van der Waals surface area (Å²) < 4.78 is 12.6. The predicted octanol–water partition coefficient (Wildman–Crippen LogP) is 7.63. The van der Waals surface area contributed by atoms with Crippen molar-refractivity contribution in [2.75, 3.05) is 6.54 Å². The van der Waals surface area contributed by atoms with Crippen LogP contribution in [0.25, 0.3) is 6.08 Å². The van der Waals surface area contributed by atoms with E-state index in [1.54, 1.807) is 12.2 Å². The molecule has 34 heavy (non-hydrogen) atoms. The number of hydrogen-bond acceptors (Lipinski definition) is 3. The molecule has 0 aromatic heterocycles. The van der Waals surface area contributed by atoms with Crippen LogP contribution in [0.1, 0.15) is 78.4 Å². The van der Waals surface area contributed by atoms with Crippen molar-refractivity contribution in [3.8, 4) is 11.5 Å². The first kappa shape index (κ1) is 27.8. The third-order valence-electron chi connectivity index (χ3n) is 5.97. The van der Waals surface area contributed by atoms with Crippen LogP contribution in [0, 0.1) is 0 Å². The monoisotopic (exact) mass is 485 g/mol. The van der Waals surface area contributed by atoms with Crippen LogP contribution < -0.4 is 14.8 Å². The summed E-state index contributed by atoms with van der Waals surface area (Å²) in [5.41, 5.74) is 1.59. The standard InChI is InChI=1S/C29H40ClNO3/c1-7-28(3,4)33-25-17-16-23(26(21-25)34-29(5,6)8-2)13-9-10-19-31-27(32)18-15-22-12-11-14-24(30)20-22/h11-12,14-18,20-21H,7-10,13,19H2,1-6H3,(H,31,32). The molecule has 186 valence electrons. The highest BCUT2D eigenvalue weighted by atomic mass is 35.5. The fraction of sp³-hybridized carbons (Fsp3) is 0.483. The van der Waals surface area contributed by atoms with Crippen molar-refractivity contribution in [2.24, 2.45) is 0 Å². The van der Waals surface area contributed by atoms with Gasteiger partial charge in [0.25, 0.3) is 0 Å². The van der Waals surface area contributed by atoms with Crippen molar-refractivity contribution in [2.45, 2.75) is 84.8 Å². The lowest BCUT2D eigenvalue weighted by Gasteiger charge is -2.29. The zero-order valence-electron chi connectivity index (χ0n) is 21.5. The van der Waals surface area contributed by atoms with Crippen molar-refractivity contribution in [1.29, 1.82) is 0 Å². The molecular formula is C29H40ClNO3. The highest BCUT2D eigenvalue weighted by molar-refractivity contribution is 6.30. The highest BCUT2D eigenvalue weighted by Crippen LogP contribution is 2.32. The van der Waals surface area contributed by atoms with E-state index >= 15 is 0 Å². The van der Waals surface area contributed by atoms with Crippen molar-refractivity contribution in [3.63, 3.8) is 0 Å². The van der Waals surface area contributed by atoms with Crippen LogP contribution in [0.15, 0.2) is 48.5 Å². The van der Waals surface area contributed by atoms with Gasteiger partial charge in [-0.05, 0) is 95.2 Å². The second kappa shape index (κ2) is 12.9. The number of carbonyl (C=O) groups excluding carboxylic acids is 1. The number of halogens is 1.